The van der Waals surface area contributed by atoms with Gasteiger partial charge in [0, 0.05) is 0 Å². The molecule has 158 valence electrons. The molecule has 0 unspecified atom stereocenters. The summed E-state index contributed by atoms with van der Waals surface area (Å²) in [4.78, 5) is 12.1. The summed E-state index contributed by atoms with van der Waals surface area (Å²) in [6, 6.07) is 11.1. The van der Waals surface area contributed by atoms with Crippen LogP contribution >= 0.6 is 0 Å². The number of sulfonamides is 1. The number of carbonyl (C=O) groups excluding carboxylic acids is 1. The lowest BCUT2D eigenvalue weighted by atomic mass is 10.2. The van der Waals surface area contributed by atoms with Crippen molar-refractivity contribution in [1.29, 1.82) is 0 Å². The number of nitrogens with one attached hydrogen (secondary N) is 1. The maximum atomic E-state index is 12.9. The van der Waals surface area contributed by atoms with Crippen LogP contribution in [0.5, 0.6) is 5.75 Å². The van der Waals surface area contributed by atoms with Gasteiger partial charge in [0.25, 0.3) is 0 Å². The van der Waals surface area contributed by atoms with E-state index in [2.05, 4.69) is 5.32 Å². The molecule has 29 heavy (non-hydrogen) atoms. The van der Waals surface area contributed by atoms with Gasteiger partial charge in [0.15, 0.2) is 0 Å². The number of benzene rings is 2. The van der Waals surface area contributed by atoms with Gasteiger partial charge < -0.3 is 10.1 Å². The zero-order valence-electron chi connectivity index (χ0n) is 15.9. The zero-order chi connectivity index (χ0) is 21.7. The minimum absolute atomic E-state index is 0.104. The van der Waals surface area contributed by atoms with E-state index in [-0.39, 0.29) is 18.8 Å². The highest BCUT2D eigenvalue weighted by Crippen LogP contribution is 2.32. The van der Waals surface area contributed by atoms with Crippen molar-refractivity contribution in [3.8, 4) is 5.75 Å². The van der Waals surface area contributed by atoms with Crippen LogP contribution in [0, 0.1) is 6.92 Å². The highest BCUT2D eigenvalue weighted by Gasteiger charge is 2.31. The maximum absolute atomic E-state index is 12.9. The maximum Gasteiger partial charge on any atom is 0.416 e. The Morgan fingerprint density at radius 2 is 1.83 bits per heavy atom. The van der Waals surface area contributed by atoms with Gasteiger partial charge in [-0.15, -0.1) is 0 Å². The Balaban J connectivity index is 1.99. The van der Waals surface area contributed by atoms with Crippen molar-refractivity contribution in [1.82, 2.24) is 5.32 Å². The largest absolute Gasteiger partial charge is 0.492 e. The third kappa shape index (κ3) is 6.97. The summed E-state index contributed by atoms with van der Waals surface area (Å²) in [6.45, 7) is 1.51. The highest BCUT2D eigenvalue weighted by atomic mass is 32.2. The number of halogens is 3. The van der Waals surface area contributed by atoms with E-state index in [0.29, 0.717) is 16.1 Å². The first-order valence-electron chi connectivity index (χ1n) is 8.58. The standard InChI is InChI=1S/C19H21F3N2O4S/c1-14-5-3-8-17(11-14)28-10-9-23-18(25)13-24(29(2,26)27)16-7-4-6-15(12-16)19(20,21)22/h3-8,11-12H,9-10,13H2,1-2H3,(H,23,25). The summed E-state index contributed by atoms with van der Waals surface area (Å²) < 4.78 is 68.8. The van der Waals surface area contributed by atoms with Gasteiger partial charge in [-0.1, -0.05) is 18.2 Å². The minimum Gasteiger partial charge on any atom is -0.492 e. The van der Waals surface area contributed by atoms with Crippen molar-refractivity contribution in [2.24, 2.45) is 0 Å². The lowest BCUT2D eigenvalue weighted by Crippen LogP contribution is -2.41. The molecular weight excluding hydrogens is 409 g/mol. The molecule has 0 saturated carbocycles. The molecule has 0 aromatic heterocycles. The SMILES string of the molecule is Cc1cccc(OCCNC(=O)CN(c2cccc(C(F)(F)F)c2)S(C)(=O)=O)c1. The van der Waals surface area contributed by atoms with Crippen LogP contribution in [0.4, 0.5) is 18.9 Å². The molecule has 0 aliphatic heterocycles. The minimum atomic E-state index is -4.63. The van der Waals surface area contributed by atoms with Gasteiger partial charge >= 0.3 is 6.18 Å². The average molecular weight is 430 g/mol. The number of hydrogen-bond donors (Lipinski definition) is 1. The number of rotatable bonds is 8. The molecule has 1 amide bonds. The summed E-state index contributed by atoms with van der Waals surface area (Å²) in [6.07, 6.45) is -3.81. The van der Waals surface area contributed by atoms with E-state index in [1.54, 1.807) is 6.07 Å². The Bertz CT molecular complexity index is 962. The van der Waals surface area contributed by atoms with Crippen LogP contribution in [0.2, 0.25) is 0 Å². The summed E-state index contributed by atoms with van der Waals surface area (Å²) in [5, 5.41) is 2.49. The molecule has 10 heteroatoms. The first kappa shape index (κ1) is 22.5. The molecule has 0 bridgehead atoms. The topological polar surface area (TPSA) is 75.7 Å². The second-order valence-electron chi connectivity index (χ2n) is 6.33. The van der Waals surface area contributed by atoms with Gasteiger partial charge in [0.1, 0.15) is 18.9 Å². The summed E-state index contributed by atoms with van der Waals surface area (Å²) >= 11 is 0. The molecular formula is C19H21F3N2O4S. The van der Waals surface area contributed by atoms with Crippen LogP contribution in [0.1, 0.15) is 11.1 Å². The summed E-state index contributed by atoms with van der Waals surface area (Å²) in [7, 11) is -3.98. The van der Waals surface area contributed by atoms with Gasteiger partial charge in [-0.2, -0.15) is 13.2 Å². The molecule has 0 radical (unpaired) electrons. The second-order valence-corrected chi connectivity index (χ2v) is 8.24. The van der Waals surface area contributed by atoms with Crippen molar-refractivity contribution in [2.75, 3.05) is 30.3 Å². The molecule has 0 fully saturated rings. The number of alkyl halides is 3. The van der Waals surface area contributed by atoms with Crippen LogP contribution in [-0.4, -0.2) is 40.3 Å². The molecule has 2 aromatic carbocycles. The molecule has 0 aliphatic carbocycles. The van der Waals surface area contributed by atoms with E-state index in [0.717, 1.165) is 24.0 Å². The van der Waals surface area contributed by atoms with E-state index >= 15 is 0 Å². The lowest BCUT2D eigenvalue weighted by molar-refractivity contribution is -0.137. The van der Waals surface area contributed by atoms with Crippen LogP contribution in [0.25, 0.3) is 0 Å². The normalized spacial score (nSPS) is 11.8. The third-order valence-electron chi connectivity index (χ3n) is 3.83. The molecule has 0 heterocycles. The van der Waals surface area contributed by atoms with E-state index in [4.69, 9.17) is 4.74 Å². The van der Waals surface area contributed by atoms with E-state index < -0.39 is 34.2 Å². The van der Waals surface area contributed by atoms with Crippen LogP contribution in [0.3, 0.4) is 0 Å². The molecule has 2 aromatic rings. The van der Waals surface area contributed by atoms with Gasteiger partial charge in [0.05, 0.1) is 24.1 Å². The van der Waals surface area contributed by atoms with Gasteiger partial charge in [-0.05, 0) is 42.8 Å². The van der Waals surface area contributed by atoms with Crippen LogP contribution in [-0.2, 0) is 21.0 Å². The average Bonchev–Trinajstić information content (AvgIpc) is 2.62. The van der Waals surface area contributed by atoms with Gasteiger partial charge in [-0.25, -0.2) is 8.42 Å². The zero-order valence-corrected chi connectivity index (χ0v) is 16.7. The van der Waals surface area contributed by atoms with Crippen LogP contribution < -0.4 is 14.4 Å². The van der Waals surface area contributed by atoms with Crippen molar-refractivity contribution < 1.29 is 31.1 Å². The smallest absolute Gasteiger partial charge is 0.416 e. The number of aryl methyl sites for hydroxylation is 1. The fraction of sp³-hybridized carbons (Fsp3) is 0.316. The summed E-state index contributed by atoms with van der Waals surface area (Å²) in [5.74, 6) is -0.0401. The number of carbonyl (C=O) groups is 1. The Morgan fingerprint density at radius 1 is 1.14 bits per heavy atom. The van der Waals surface area contributed by atoms with Crippen molar-refractivity contribution in [2.45, 2.75) is 13.1 Å². The summed E-state index contributed by atoms with van der Waals surface area (Å²) in [5.41, 5.74) is -0.236. The number of hydrogen-bond acceptors (Lipinski definition) is 4. The third-order valence-corrected chi connectivity index (χ3v) is 4.97. The number of amides is 1. The van der Waals surface area contributed by atoms with Crippen molar-refractivity contribution in [3.05, 3.63) is 59.7 Å². The van der Waals surface area contributed by atoms with E-state index in [1.165, 1.54) is 6.07 Å². The Kier molecular flexibility index (Phi) is 7.12. The number of nitrogens with zero attached hydrogens (tertiary/aromatic N) is 1. The Morgan fingerprint density at radius 3 is 2.45 bits per heavy atom. The van der Waals surface area contributed by atoms with Gasteiger partial charge in [-0.3, -0.25) is 9.10 Å². The van der Waals surface area contributed by atoms with Gasteiger partial charge in [0.2, 0.25) is 15.9 Å². The first-order valence-corrected chi connectivity index (χ1v) is 10.4. The van der Waals surface area contributed by atoms with Crippen LogP contribution in [0.15, 0.2) is 48.5 Å². The molecule has 2 rings (SSSR count). The van der Waals surface area contributed by atoms with Crippen molar-refractivity contribution in [3.63, 3.8) is 0 Å². The molecule has 6 nitrogen and oxygen atoms in total. The fourth-order valence-electron chi connectivity index (χ4n) is 2.49. The molecule has 1 N–H and O–H groups in total. The number of ether oxygens (including phenoxy) is 1. The van der Waals surface area contributed by atoms with E-state index in [9.17, 15) is 26.4 Å². The molecule has 0 aliphatic rings. The second kappa shape index (κ2) is 9.17. The molecule has 0 spiro atoms. The van der Waals surface area contributed by atoms with Crippen molar-refractivity contribution >= 4 is 21.6 Å². The quantitative estimate of drug-likeness (QED) is 0.654. The Labute approximate surface area is 167 Å². The molecule has 0 atom stereocenters. The lowest BCUT2D eigenvalue weighted by Gasteiger charge is -2.22. The first-order chi connectivity index (χ1) is 13.5. The highest BCUT2D eigenvalue weighted by molar-refractivity contribution is 7.92. The predicted molar refractivity (Wildman–Crippen MR) is 103 cm³/mol. The Hall–Kier alpha value is -2.75. The number of anilines is 1. The predicted octanol–water partition coefficient (Wildman–Crippen LogP) is 2.98. The molecule has 0 saturated heterocycles. The monoisotopic (exact) mass is 430 g/mol. The van der Waals surface area contributed by atoms with E-state index in [1.807, 2.05) is 25.1 Å². The fourth-order valence-corrected chi connectivity index (χ4v) is 3.34.